The maximum Gasteiger partial charge on any atom is 0.298 e. The molecule has 2 unspecified atom stereocenters. The van der Waals surface area contributed by atoms with E-state index in [1.165, 1.54) is 12.1 Å². The van der Waals surface area contributed by atoms with Crippen molar-refractivity contribution in [2.75, 3.05) is 13.2 Å². The predicted molar refractivity (Wildman–Crippen MR) is 125 cm³/mol. The highest BCUT2D eigenvalue weighted by molar-refractivity contribution is 7.86. The van der Waals surface area contributed by atoms with Crippen LogP contribution in [0.5, 0.6) is 11.5 Å². The van der Waals surface area contributed by atoms with E-state index < -0.39 is 22.3 Å². The normalized spacial score (nSPS) is 13.8. The standard InChI is InChI=1S/C24H36O7S/c1-3-5-7-9-19(25)16-30-21-13-11-18-12-14-23(24(22(18)15-21)32(27,28)29)31-17-20(26)10-8-6-4-2/h11-15,19-20,25-26H,3-10,16-17H2,1-2H3,(H,27,28,29). The van der Waals surface area contributed by atoms with Crippen LogP contribution in [0.2, 0.25) is 0 Å². The summed E-state index contributed by atoms with van der Waals surface area (Å²) in [6.07, 6.45) is 5.77. The summed E-state index contributed by atoms with van der Waals surface area (Å²) >= 11 is 0. The van der Waals surface area contributed by atoms with Crippen molar-refractivity contribution in [2.24, 2.45) is 0 Å². The van der Waals surface area contributed by atoms with Gasteiger partial charge in [0.25, 0.3) is 10.1 Å². The molecule has 0 amide bonds. The molecule has 0 bridgehead atoms. The molecular weight excluding hydrogens is 432 g/mol. The first kappa shape index (κ1) is 26.4. The lowest BCUT2D eigenvalue weighted by molar-refractivity contribution is 0.0961. The van der Waals surface area contributed by atoms with Gasteiger partial charge in [0.05, 0.1) is 12.2 Å². The number of unbranched alkanes of at least 4 members (excludes halogenated alkanes) is 4. The van der Waals surface area contributed by atoms with Gasteiger partial charge in [-0.3, -0.25) is 4.55 Å². The molecule has 32 heavy (non-hydrogen) atoms. The number of ether oxygens (including phenoxy) is 2. The van der Waals surface area contributed by atoms with Gasteiger partial charge in [0.15, 0.2) is 0 Å². The van der Waals surface area contributed by atoms with Gasteiger partial charge in [0, 0.05) is 5.39 Å². The van der Waals surface area contributed by atoms with Crippen LogP contribution in [0.25, 0.3) is 10.8 Å². The van der Waals surface area contributed by atoms with Gasteiger partial charge < -0.3 is 19.7 Å². The number of hydrogen-bond acceptors (Lipinski definition) is 6. The predicted octanol–water partition coefficient (Wildman–Crippen LogP) is 4.73. The minimum Gasteiger partial charge on any atom is -0.491 e. The second-order valence-corrected chi connectivity index (χ2v) is 9.53. The second-order valence-electron chi connectivity index (χ2n) is 8.17. The molecule has 0 spiro atoms. The Morgan fingerprint density at radius 3 is 1.97 bits per heavy atom. The van der Waals surface area contributed by atoms with Gasteiger partial charge in [0.1, 0.15) is 29.6 Å². The van der Waals surface area contributed by atoms with Crippen molar-refractivity contribution in [3.05, 3.63) is 30.3 Å². The molecule has 3 N–H and O–H groups in total. The van der Waals surface area contributed by atoms with Gasteiger partial charge in [-0.05, 0) is 36.4 Å². The molecule has 180 valence electrons. The monoisotopic (exact) mass is 468 g/mol. The van der Waals surface area contributed by atoms with E-state index in [2.05, 4.69) is 13.8 Å². The lowest BCUT2D eigenvalue weighted by atomic mass is 10.1. The van der Waals surface area contributed by atoms with E-state index >= 15 is 0 Å². The highest BCUT2D eigenvalue weighted by Gasteiger charge is 2.22. The summed E-state index contributed by atoms with van der Waals surface area (Å²) in [6.45, 7) is 4.19. The van der Waals surface area contributed by atoms with Crippen LogP contribution in [0.4, 0.5) is 0 Å². The third kappa shape index (κ3) is 8.24. The zero-order valence-corrected chi connectivity index (χ0v) is 19.8. The number of rotatable bonds is 15. The Labute approximate surface area is 191 Å². The fourth-order valence-electron chi connectivity index (χ4n) is 3.53. The molecule has 0 aliphatic rings. The van der Waals surface area contributed by atoms with Crippen molar-refractivity contribution in [1.82, 2.24) is 0 Å². The first-order valence-corrected chi connectivity index (χ1v) is 12.9. The SMILES string of the molecule is CCCCCC(O)COc1ccc2ccc(OCC(O)CCCCC)c(S(=O)(=O)O)c2c1. The van der Waals surface area contributed by atoms with E-state index in [0.717, 1.165) is 38.5 Å². The summed E-state index contributed by atoms with van der Waals surface area (Å²) in [5.41, 5.74) is 0. The van der Waals surface area contributed by atoms with Crippen LogP contribution < -0.4 is 9.47 Å². The number of aliphatic hydroxyl groups excluding tert-OH is 2. The molecule has 2 aromatic carbocycles. The molecule has 2 rings (SSSR count). The molecule has 0 aliphatic heterocycles. The summed E-state index contributed by atoms with van der Waals surface area (Å²) in [4.78, 5) is -0.357. The van der Waals surface area contributed by atoms with E-state index in [9.17, 15) is 23.2 Å². The second kappa shape index (κ2) is 13.0. The number of hydrogen-bond donors (Lipinski definition) is 3. The van der Waals surface area contributed by atoms with Crippen molar-refractivity contribution in [3.8, 4) is 11.5 Å². The van der Waals surface area contributed by atoms with Crippen LogP contribution in [0.3, 0.4) is 0 Å². The van der Waals surface area contributed by atoms with Crippen LogP contribution >= 0.6 is 0 Å². The first-order chi connectivity index (χ1) is 15.3. The molecule has 0 radical (unpaired) electrons. The van der Waals surface area contributed by atoms with E-state index in [0.29, 0.717) is 24.0 Å². The van der Waals surface area contributed by atoms with Gasteiger partial charge in [-0.1, -0.05) is 64.5 Å². The van der Waals surface area contributed by atoms with Crippen LogP contribution in [0, 0.1) is 0 Å². The van der Waals surface area contributed by atoms with Crippen LogP contribution in [0.1, 0.15) is 65.2 Å². The van der Waals surface area contributed by atoms with Crippen LogP contribution in [-0.2, 0) is 10.1 Å². The van der Waals surface area contributed by atoms with Gasteiger partial charge >= 0.3 is 0 Å². The largest absolute Gasteiger partial charge is 0.491 e. The Balaban J connectivity index is 2.20. The highest BCUT2D eigenvalue weighted by Crippen LogP contribution is 2.34. The minimum atomic E-state index is -4.60. The molecule has 0 aromatic heterocycles. The number of aliphatic hydroxyl groups is 2. The van der Waals surface area contributed by atoms with Gasteiger partial charge in [0.2, 0.25) is 0 Å². The van der Waals surface area contributed by atoms with Crippen molar-refractivity contribution >= 4 is 20.9 Å². The molecule has 0 aliphatic carbocycles. The topological polar surface area (TPSA) is 113 Å². The molecule has 0 saturated heterocycles. The van der Waals surface area contributed by atoms with E-state index in [-0.39, 0.29) is 29.2 Å². The zero-order valence-electron chi connectivity index (χ0n) is 19.0. The fourth-order valence-corrected chi connectivity index (χ4v) is 4.36. The molecule has 8 heteroatoms. The number of fused-ring (bicyclic) bond motifs is 1. The van der Waals surface area contributed by atoms with Crippen LogP contribution in [-0.4, -0.2) is 48.6 Å². The van der Waals surface area contributed by atoms with Gasteiger partial charge in [-0.15, -0.1) is 0 Å². The van der Waals surface area contributed by atoms with Crippen molar-refractivity contribution < 1.29 is 32.7 Å². The fraction of sp³-hybridized carbons (Fsp3) is 0.583. The third-order valence-electron chi connectivity index (χ3n) is 5.32. The van der Waals surface area contributed by atoms with Crippen molar-refractivity contribution in [3.63, 3.8) is 0 Å². The summed E-state index contributed by atoms with van der Waals surface area (Å²) < 4.78 is 45.5. The molecule has 0 saturated carbocycles. The first-order valence-electron chi connectivity index (χ1n) is 11.4. The van der Waals surface area contributed by atoms with Gasteiger partial charge in [-0.25, -0.2) is 0 Å². The minimum absolute atomic E-state index is 0.0220. The lowest BCUT2D eigenvalue weighted by Gasteiger charge is -2.16. The van der Waals surface area contributed by atoms with E-state index in [4.69, 9.17) is 9.47 Å². The Kier molecular flexibility index (Phi) is 10.7. The Hall–Kier alpha value is -1.87. The summed E-state index contributed by atoms with van der Waals surface area (Å²) in [6, 6.07) is 8.05. The molecule has 2 aromatic rings. The Bertz CT molecular complexity index is 938. The highest BCUT2D eigenvalue weighted by atomic mass is 32.2. The van der Waals surface area contributed by atoms with Crippen LogP contribution in [0.15, 0.2) is 35.2 Å². The van der Waals surface area contributed by atoms with E-state index in [1.807, 2.05) is 0 Å². The lowest BCUT2D eigenvalue weighted by Crippen LogP contribution is -2.18. The average molecular weight is 469 g/mol. The molecule has 0 fully saturated rings. The molecule has 0 heterocycles. The molecule has 7 nitrogen and oxygen atoms in total. The maximum absolute atomic E-state index is 12.2. The van der Waals surface area contributed by atoms with Gasteiger partial charge in [-0.2, -0.15) is 8.42 Å². The molecular formula is C24H36O7S. The summed E-state index contributed by atoms with van der Waals surface area (Å²) in [7, 11) is -4.60. The summed E-state index contributed by atoms with van der Waals surface area (Å²) in [5, 5.41) is 21.0. The Morgan fingerprint density at radius 2 is 1.41 bits per heavy atom. The van der Waals surface area contributed by atoms with E-state index in [1.54, 1.807) is 18.2 Å². The number of benzene rings is 2. The smallest absolute Gasteiger partial charge is 0.298 e. The zero-order chi connectivity index (χ0) is 23.6. The quantitative estimate of drug-likeness (QED) is 0.256. The third-order valence-corrected chi connectivity index (χ3v) is 6.26. The maximum atomic E-state index is 12.2. The van der Waals surface area contributed by atoms with Crippen molar-refractivity contribution in [2.45, 2.75) is 82.3 Å². The average Bonchev–Trinajstić information content (AvgIpc) is 2.75. The Morgan fingerprint density at radius 1 is 0.844 bits per heavy atom. The summed E-state index contributed by atoms with van der Waals surface area (Å²) in [5.74, 6) is 0.361. The van der Waals surface area contributed by atoms with Crippen molar-refractivity contribution in [1.29, 1.82) is 0 Å². The molecule has 2 atom stereocenters.